The van der Waals surface area contributed by atoms with Gasteiger partial charge in [0.15, 0.2) is 0 Å². The molecule has 0 radical (unpaired) electrons. The molecular formula is C13H12BrClOS. The van der Waals surface area contributed by atoms with Crippen LogP contribution in [0.2, 0.25) is 5.02 Å². The van der Waals surface area contributed by atoms with Crippen LogP contribution in [0.25, 0.3) is 0 Å². The maximum atomic E-state index is 10.3. The summed E-state index contributed by atoms with van der Waals surface area (Å²) >= 11 is 11.0. The highest BCUT2D eigenvalue weighted by atomic mass is 79.9. The van der Waals surface area contributed by atoms with Gasteiger partial charge in [-0.15, -0.1) is 11.3 Å². The second-order valence-electron chi connectivity index (χ2n) is 3.73. The molecule has 2 aromatic rings. The van der Waals surface area contributed by atoms with E-state index in [0.717, 1.165) is 21.3 Å². The molecule has 1 N–H and O–H groups in total. The Labute approximate surface area is 118 Å². The minimum Gasteiger partial charge on any atom is -0.383 e. The molecule has 90 valence electrons. The third-order valence-electron chi connectivity index (χ3n) is 2.56. The Kier molecular flexibility index (Phi) is 4.26. The summed E-state index contributed by atoms with van der Waals surface area (Å²) in [6.07, 6.45) is 0.407. The van der Waals surface area contributed by atoms with E-state index in [-0.39, 0.29) is 0 Å². The summed E-state index contributed by atoms with van der Waals surface area (Å²) < 4.78 is 0.843. The van der Waals surface area contributed by atoms with Crippen molar-refractivity contribution in [3.8, 4) is 0 Å². The SMILES string of the molecule is CCc1ccc(C(O)c2ccc(Br)c(Cl)c2)s1. The van der Waals surface area contributed by atoms with E-state index in [0.29, 0.717) is 5.02 Å². The number of halogens is 2. The Morgan fingerprint density at radius 1 is 1.35 bits per heavy atom. The summed E-state index contributed by atoms with van der Waals surface area (Å²) in [6.45, 7) is 2.11. The van der Waals surface area contributed by atoms with E-state index in [4.69, 9.17) is 11.6 Å². The highest BCUT2D eigenvalue weighted by Gasteiger charge is 2.13. The molecule has 0 aliphatic carbocycles. The molecule has 1 atom stereocenters. The minimum absolute atomic E-state index is 0.592. The summed E-state index contributed by atoms with van der Waals surface area (Å²) in [5.74, 6) is 0. The van der Waals surface area contributed by atoms with Crippen LogP contribution >= 0.6 is 38.9 Å². The molecule has 0 fully saturated rings. The molecule has 1 unspecified atom stereocenters. The number of thiophene rings is 1. The van der Waals surface area contributed by atoms with Gasteiger partial charge in [0.25, 0.3) is 0 Å². The number of aliphatic hydroxyl groups excluding tert-OH is 1. The molecular weight excluding hydrogens is 320 g/mol. The zero-order valence-electron chi connectivity index (χ0n) is 9.28. The summed E-state index contributed by atoms with van der Waals surface area (Å²) in [5.41, 5.74) is 0.822. The zero-order valence-corrected chi connectivity index (χ0v) is 12.4. The molecule has 1 heterocycles. The Balaban J connectivity index is 2.29. The summed E-state index contributed by atoms with van der Waals surface area (Å²) in [5, 5.41) is 10.9. The van der Waals surface area contributed by atoms with E-state index in [1.807, 2.05) is 18.2 Å². The first kappa shape index (κ1) is 13.1. The minimum atomic E-state index is -0.592. The smallest absolute Gasteiger partial charge is 0.113 e. The largest absolute Gasteiger partial charge is 0.383 e. The highest BCUT2D eigenvalue weighted by molar-refractivity contribution is 9.10. The van der Waals surface area contributed by atoms with E-state index >= 15 is 0 Å². The molecule has 17 heavy (non-hydrogen) atoms. The number of aryl methyl sites for hydroxylation is 1. The molecule has 4 heteroatoms. The maximum Gasteiger partial charge on any atom is 0.113 e. The Bertz CT molecular complexity index is 524. The van der Waals surface area contributed by atoms with Crippen LogP contribution in [0.15, 0.2) is 34.8 Å². The molecule has 2 rings (SSSR count). The lowest BCUT2D eigenvalue weighted by molar-refractivity contribution is 0.224. The van der Waals surface area contributed by atoms with Gasteiger partial charge in [-0.3, -0.25) is 0 Å². The van der Waals surface area contributed by atoms with Gasteiger partial charge >= 0.3 is 0 Å². The molecule has 0 amide bonds. The molecule has 0 bridgehead atoms. The van der Waals surface area contributed by atoms with Gasteiger partial charge < -0.3 is 5.11 Å². The third kappa shape index (κ3) is 2.91. The number of benzene rings is 1. The fraction of sp³-hybridized carbons (Fsp3) is 0.231. The van der Waals surface area contributed by atoms with Crippen LogP contribution in [0.5, 0.6) is 0 Å². The van der Waals surface area contributed by atoms with Crippen molar-refractivity contribution in [2.75, 3.05) is 0 Å². The van der Waals surface area contributed by atoms with Crippen molar-refractivity contribution in [1.82, 2.24) is 0 Å². The number of hydrogen-bond acceptors (Lipinski definition) is 2. The van der Waals surface area contributed by atoms with E-state index in [1.165, 1.54) is 4.88 Å². The van der Waals surface area contributed by atoms with Crippen LogP contribution in [-0.2, 0) is 6.42 Å². The first-order chi connectivity index (χ1) is 8.11. The fourth-order valence-electron chi connectivity index (χ4n) is 1.58. The second-order valence-corrected chi connectivity index (χ2v) is 6.20. The van der Waals surface area contributed by atoms with Crippen LogP contribution in [-0.4, -0.2) is 5.11 Å². The maximum absolute atomic E-state index is 10.3. The molecule has 1 aromatic heterocycles. The zero-order chi connectivity index (χ0) is 12.4. The Hall–Kier alpha value is -0.350. The van der Waals surface area contributed by atoms with Crippen LogP contribution in [0.1, 0.15) is 28.3 Å². The van der Waals surface area contributed by atoms with Gasteiger partial charge in [-0.05, 0) is 52.2 Å². The molecule has 0 saturated heterocycles. The predicted molar refractivity (Wildman–Crippen MR) is 76.9 cm³/mol. The van der Waals surface area contributed by atoms with Gasteiger partial charge in [-0.25, -0.2) is 0 Å². The molecule has 1 nitrogen and oxygen atoms in total. The summed E-state index contributed by atoms with van der Waals surface area (Å²) in [7, 11) is 0. The first-order valence-electron chi connectivity index (χ1n) is 5.33. The van der Waals surface area contributed by atoms with Crippen LogP contribution in [0, 0.1) is 0 Å². The van der Waals surface area contributed by atoms with Crippen molar-refractivity contribution in [2.45, 2.75) is 19.4 Å². The Morgan fingerprint density at radius 2 is 2.12 bits per heavy atom. The molecule has 0 aliphatic rings. The van der Waals surface area contributed by atoms with Gasteiger partial charge in [0.05, 0.1) is 5.02 Å². The van der Waals surface area contributed by atoms with Gasteiger partial charge in [0.1, 0.15) is 6.10 Å². The van der Waals surface area contributed by atoms with Crippen molar-refractivity contribution in [2.24, 2.45) is 0 Å². The number of aliphatic hydroxyl groups is 1. The lowest BCUT2D eigenvalue weighted by atomic mass is 10.1. The fourth-order valence-corrected chi connectivity index (χ4v) is 2.98. The number of rotatable bonds is 3. The van der Waals surface area contributed by atoms with E-state index in [1.54, 1.807) is 17.4 Å². The average Bonchev–Trinajstić information content (AvgIpc) is 2.80. The predicted octanol–water partition coefficient (Wildman–Crippen LogP) is 4.81. The summed E-state index contributed by atoms with van der Waals surface area (Å²) in [4.78, 5) is 2.24. The molecule has 0 spiro atoms. The van der Waals surface area contributed by atoms with Gasteiger partial charge in [-0.2, -0.15) is 0 Å². The quantitative estimate of drug-likeness (QED) is 0.856. The van der Waals surface area contributed by atoms with Gasteiger partial charge in [0.2, 0.25) is 0 Å². The van der Waals surface area contributed by atoms with Crippen LogP contribution in [0.4, 0.5) is 0 Å². The Morgan fingerprint density at radius 3 is 2.71 bits per heavy atom. The van der Waals surface area contributed by atoms with E-state index < -0.39 is 6.10 Å². The van der Waals surface area contributed by atoms with Crippen LogP contribution in [0.3, 0.4) is 0 Å². The van der Waals surface area contributed by atoms with Gasteiger partial charge in [0, 0.05) is 14.2 Å². The monoisotopic (exact) mass is 330 g/mol. The van der Waals surface area contributed by atoms with Crippen LogP contribution < -0.4 is 0 Å². The standard InChI is InChI=1S/C13H12BrClOS/c1-2-9-4-6-12(17-9)13(16)8-3-5-10(14)11(15)7-8/h3-7,13,16H,2H2,1H3. The second kappa shape index (κ2) is 5.53. The van der Waals surface area contributed by atoms with Crippen molar-refractivity contribution < 1.29 is 5.11 Å². The lowest BCUT2D eigenvalue weighted by Crippen LogP contribution is -1.96. The van der Waals surface area contributed by atoms with Gasteiger partial charge in [-0.1, -0.05) is 24.6 Å². The first-order valence-corrected chi connectivity index (χ1v) is 7.32. The summed E-state index contributed by atoms with van der Waals surface area (Å²) in [6, 6.07) is 9.57. The normalized spacial score (nSPS) is 12.7. The molecule has 0 aliphatic heterocycles. The van der Waals surface area contributed by atoms with Crippen molar-refractivity contribution in [3.63, 3.8) is 0 Å². The highest BCUT2D eigenvalue weighted by Crippen LogP contribution is 2.32. The van der Waals surface area contributed by atoms with Crippen molar-refractivity contribution in [1.29, 1.82) is 0 Å². The molecule has 0 saturated carbocycles. The van der Waals surface area contributed by atoms with E-state index in [9.17, 15) is 5.11 Å². The third-order valence-corrected chi connectivity index (χ3v) is 5.07. The number of hydrogen-bond donors (Lipinski definition) is 1. The van der Waals surface area contributed by atoms with Crippen molar-refractivity contribution >= 4 is 38.9 Å². The average molecular weight is 332 g/mol. The topological polar surface area (TPSA) is 20.2 Å². The van der Waals surface area contributed by atoms with Crippen molar-refractivity contribution in [3.05, 3.63) is 55.1 Å². The lowest BCUT2D eigenvalue weighted by Gasteiger charge is -2.09. The van der Waals surface area contributed by atoms with E-state index in [2.05, 4.69) is 28.9 Å². The molecule has 1 aromatic carbocycles.